The molecule has 1 aromatic rings. The second-order valence-corrected chi connectivity index (χ2v) is 5.62. The van der Waals surface area contributed by atoms with Crippen molar-refractivity contribution >= 4 is 17.2 Å². The molecule has 0 spiro atoms. The first-order valence-electron chi connectivity index (χ1n) is 5.09. The number of nitrogens with zero attached hydrogens (tertiary/aromatic N) is 1. The summed E-state index contributed by atoms with van der Waals surface area (Å²) in [5.41, 5.74) is 0.891. The summed E-state index contributed by atoms with van der Waals surface area (Å²) < 4.78 is 0. The van der Waals surface area contributed by atoms with Crippen LogP contribution in [0.25, 0.3) is 0 Å². The number of amides is 1. The van der Waals surface area contributed by atoms with Gasteiger partial charge in [0.1, 0.15) is 0 Å². The molecule has 0 bridgehead atoms. The molecule has 0 aliphatic rings. The van der Waals surface area contributed by atoms with Gasteiger partial charge in [0, 0.05) is 29.5 Å². The smallest absolute Gasteiger partial charge is 0.220 e. The van der Waals surface area contributed by atoms with Crippen LogP contribution in [-0.4, -0.2) is 16.4 Å². The minimum atomic E-state index is -0.143. The number of thiazole rings is 1. The summed E-state index contributed by atoms with van der Waals surface area (Å²) in [5, 5.41) is 5.98. The SMILES string of the molecule is Cc1csc(CCC(=O)NC(C)(C)C)n1. The molecule has 0 radical (unpaired) electrons. The molecule has 0 saturated carbocycles. The molecule has 0 fully saturated rings. The molecule has 1 rings (SSSR count). The van der Waals surface area contributed by atoms with Crippen molar-refractivity contribution in [3.63, 3.8) is 0 Å². The molecule has 15 heavy (non-hydrogen) atoms. The summed E-state index contributed by atoms with van der Waals surface area (Å²) in [4.78, 5) is 15.8. The van der Waals surface area contributed by atoms with E-state index in [0.29, 0.717) is 6.42 Å². The van der Waals surface area contributed by atoms with E-state index in [1.165, 1.54) is 0 Å². The second-order valence-electron chi connectivity index (χ2n) is 4.68. The van der Waals surface area contributed by atoms with Crippen molar-refractivity contribution < 1.29 is 4.79 Å². The van der Waals surface area contributed by atoms with Gasteiger partial charge in [-0.15, -0.1) is 11.3 Å². The van der Waals surface area contributed by atoms with Gasteiger partial charge in [0.2, 0.25) is 5.91 Å². The van der Waals surface area contributed by atoms with Gasteiger partial charge in [-0.25, -0.2) is 4.98 Å². The lowest BCUT2D eigenvalue weighted by atomic mass is 10.1. The van der Waals surface area contributed by atoms with Gasteiger partial charge in [0.25, 0.3) is 0 Å². The van der Waals surface area contributed by atoms with Crippen LogP contribution in [0.4, 0.5) is 0 Å². The molecule has 3 nitrogen and oxygen atoms in total. The fraction of sp³-hybridized carbons (Fsp3) is 0.636. The van der Waals surface area contributed by atoms with Crippen LogP contribution in [0.2, 0.25) is 0 Å². The summed E-state index contributed by atoms with van der Waals surface area (Å²) >= 11 is 1.62. The zero-order chi connectivity index (χ0) is 11.5. The first-order chi connectivity index (χ1) is 6.87. The van der Waals surface area contributed by atoms with E-state index in [1.807, 2.05) is 33.1 Å². The Labute approximate surface area is 94.9 Å². The van der Waals surface area contributed by atoms with E-state index in [1.54, 1.807) is 11.3 Å². The maximum Gasteiger partial charge on any atom is 0.220 e. The predicted molar refractivity (Wildman–Crippen MR) is 63.1 cm³/mol. The van der Waals surface area contributed by atoms with Gasteiger partial charge >= 0.3 is 0 Å². The quantitative estimate of drug-likeness (QED) is 0.859. The van der Waals surface area contributed by atoms with Gasteiger partial charge in [-0.1, -0.05) is 0 Å². The van der Waals surface area contributed by atoms with Crippen molar-refractivity contribution in [2.45, 2.75) is 46.1 Å². The number of rotatable bonds is 3. The Bertz CT molecular complexity index is 339. The molecule has 0 unspecified atom stereocenters. The lowest BCUT2D eigenvalue weighted by Crippen LogP contribution is -2.40. The largest absolute Gasteiger partial charge is 0.351 e. The number of aryl methyl sites for hydroxylation is 2. The Morgan fingerprint density at radius 3 is 2.67 bits per heavy atom. The average molecular weight is 226 g/mol. The Hall–Kier alpha value is -0.900. The van der Waals surface area contributed by atoms with E-state index in [-0.39, 0.29) is 11.4 Å². The number of carbonyl (C=O) groups excluding carboxylic acids is 1. The summed E-state index contributed by atoms with van der Waals surface area (Å²) in [6.07, 6.45) is 1.25. The van der Waals surface area contributed by atoms with Crippen molar-refractivity contribution in [1.29, 1.82) is 0 Å². The molecule has 0 atom stereocenters. The highest BCUT2D eigenvalue weighted by molar-refractivity contribution is 7.09. The van der Waals surface area contributed by atoms with Crippen molar-refractivity contribution in [3.8, 4) is 0 Å². The van der Waals surface area contributed by atoms with Crippen LogP contribution in [0.1, 0.15) is 37.9 Å². The fourth-order valence-electron chi connectivity index (χ4n) is 1.22. The topological polar surface area (TPSA) is 42.0 Å². The van der Waals surface area contributed by atoms with E-state index in [9.17, 15) is 4.79 Å². The Morgan fingerprint density at radius 2 is 2.20 bits per heavy atom. The fourth-order valence-corrected chi connectivity index (χ4v) is 1.99. The van der Waals surface area contributed by atoms with E-state index in [4.69, 9.17) is 0 Å². The molecule has 1 N–H and O–H groups in total. The lowest BCUT2D eigenvalue weighted by Gasteiger charge is -2.20. The molecule has 0 saturated heterocycles. The molecule has 4 heteroatoms. The van der Waals surface area contributed by atoms with Crippen molar-refractivity contribution in [2.75, 3.05) is 0 Å². The first-order valence-corrected chi connectivity index (χ1v) is 5.97. The maximum absolute atomic E-state index is 11.5. The van der Waals surface area contributed by atoms with Crippen LogP contribution < -0.4 is 5.32 Å². The summed E-state index contributed by atoms with van der Waals surface area (Å²) in [7, 11) is 0. The van der Waals surface area contributed by atoms with Gasteiger partial charge in [-0.2, -0.15) is 0 Å². The van der Waals surface area contributed by atoms with Gasteiger partial charge in [-0.3, -0.25) is 4.79 Å². The van der Waals surface area contributed by atoms with Crippen LogP contribution >= 0.6 is 11.3 Å². The van der Waals surface area contributed by atoms with Crippen molar-refractivity contribution in [1.82, 2.24) is 10.3 Å². The first kappa shape index (κ1) is 12.2. The summed E-state index contributed by atoms with van der Waals surface area (Å²) in [5.74, 6) is 0.0929. The third kappa shape index (κ3) is 4.93. The monoisotopic (exact) mass is 226 g/mol. The molecule has 1 heterocycles. The van der Waals surface area contributed by atoms with Gasteiger partial charge < -0.3 is 5.32 Å². The van der Waals surface area contributed by atoms with Gasteiger partial charge in [-0.05, 0) is 27.7 Å². The third-order valence-corrected chi connectivity index (χ3v) is 2.77. The maximum atomic E-state index is 11.5. The van der Waals surface area contributed by atoms with Crippen molar-refractivity contribution in [3.05, 3.63) is 16.1 Å². The summed E-state index contributed by atoms with van der Waals surface area (Å²) in [6, 6.07) is 0. The highest BCUT2D eigenvalue weighted by atomic mass is 32.1. The Kier molecular flexibility index (Phi) is 3.85. The van der Waals surface area contributed by atoms with E-state index >= 15 is 0 Å². The number of hydrogen-bond donors (Lipinski definition) is 1. The normalized spacial score (nSPS) is 11.5. The number of nitrogens with one attached hydrogen (secondary N) is 1. The minimum absolute atomic E-state index is 0.0929. The van der Waals surface area contributed by atoms with Crippen LogP contribution in [0, 0.1) is 6.92 Å². The molecule has 1 amide bonds. The predicted octanol–water partition coefficient (Wildman–Crippen LogP) is 2.30. The number of hydrogen-bond acceptors (Lipinski definition) is 3. The molecule has 0 aromatic carbocycles. The Balaban J connectivity index is 2.35. The Morgan fingerprint density at radius 1 is 1.53 bits per heavy atom. The standard InChI is InChI=1S/C11H18N2OS/c1-8-7-15-10(12-8)6-5-9(14)13-11(2,3)4/h7H,5-6H2,1-4H3,(H,13,14). The molecule has 1 aromatic heterocycles. The van der Waals surface area contributed by atoms with Crippen LogP contribution in [0.3, 0.4) is 0 Å². The summed E-state index contributed by atoms with van der Waals surface area (Å²) in [6.45, 7) is 7.92. The number of aromatic nitrogens is 1. The van der Waals surface area contributed by atoms with Gasteiger partial charge in [0.15, 0.2) is 0 Å². The molecular weight excluding hydrogens is 208 g/mol. The third-order valence-electron chi connectivity index (χ3n) is 1.75. The number of carbonyl (C=O) groups is 1. The highest BCUT2D eigenvalue weighted by Crippen LogP contribution is 2.11. The minimum Gasteiger partial charge on any atom is -0.351 e. The van der Waals surface area contributed by atoms with E-state index in [0.717, 1.165) is 17.1 Å². The molecular formula is C11H18N2OS. The van der Waals surface area contributed by atoms with Gasteiger partial charge in [0.05, 0.1) is 5.01 Å². The van der Waals surface area contributed by atoms with E-state index < -0.39 is 0 Å². The van der Waals surface area contributed by atoms with Crippen LogP contribution in [-0.2, 0) is 11.2 Å². The second kappa shape index (κ2) is 4.75. The van der Waals surface area contributed by atoms with E-state index in [2.05, 4.69) is 10.3 Å². The molecule has 0 aliphatic carbocycles. The average Bonchev–Trinajstić information content (AvgIpc) is 2.45. The highest BCUT2D eigenvalue weighted by Gasteiger charge is 2.13. The molecule has 0 aliphatic heterocycles. The van der Waals surface area contributed by atoms with Crippen LogP contribution in [0.15, 0.2) is 5.38 Å². The zero-order valence-corrected chi connectivity index (χ0v) is 10.6. The zero-order valence-electron chi connectivity index (χ0n) is 9.76. The van der Waals surface area contributed by atoms with Crippen molar-refractivity contribution in [2.24, 2.45) is 0 Å². The van der Waals surface area contributed by atoms with Crippen LogP contribution in [0.5, 0.6) is 0 Å². The molecule has 84 valence electrons. The lowest BCUT2D eigenvalue weighted by molar-refractivity contribution is -0.122.